The normalized spacial score (nSPS) is 24.8. The highest BCUT2D eigenvalue weighted by molar-refractivity contribution is 5.28. The van der Waals surface area contributed by atoms with Crippen LogP contribution in [0.2, 0.25) is 0 Å². The van der Waals surface area contributed by atoms with Gasteiger partial charge < -0.3 is 10.8 Å². The maximum atomic E-state index is 9.83. The number of rotatable bonds is 3. The quantitative estimate of drug-likeness (QED) is 0.860. The molecule has 2 rings (SSSR count). The number of benzene rings is 1. The smallest absolute Gasteiger partial charge is 0.0912 e. The first-order valence-corrected chi connectivity index (χ1v) is 7.00. The van der Waals surface area contributed by atoms with Crippen LogP contribution in [-0.4, -0.2) is 11.7 Å². The molecule has 2 heteroatoms. The van der Waals surface area contributed by atoms with Crippen molar-refractivity contribution in [2.75, 3.05) is 6.54 Å². The molecule has 18 heavy (non-hydrogen) atoms. The van der Waals surface area contributed by atoms with Crippen molar-refractivity contribution in [3.05, 3.63) is 35.4 Å². The van der Waals surface area contributed by atoms with Crippen molar-refractivity contribution < 1.29 is 5.11 Å². The standard InChI is InChI=1S/C16H25NO/c1-16(2)8-4-7-14(10-16)12-5-3-6-13(9-12)15(18)11-17/h3,5-6,9,14-15,18H,4,7-8,10-11,17H2,1-2H3. The molecular weight excluding hydrogens is 222 g/mol. The van der Waals surface area contributed by atoms with E-state index in [9.17, 15) is 5.11 Å². The molecule has 1 aliphatic carbocycles. The first-order valence-electron chi connectivity index (χ1n) is 7.00. The maximum Gasteiger partial charge on any atom is 0.0912 e. The molecule has 2 atom stereocenters. The lowest BCUT2D eigenvalue weighted by atomic mass is 9.70. The molecule has 100 valence electrons. The number of nitrogens with two attached hydrogens (primary N) is 1. The van der Waals surface area contributed by atoms with Gasteiger partial charge in [-0.3, -0.25) is 0 Å². The van der Waals surface area contributed by atoms with E-state index >= 15 is 0 Å². The monoisotopic (exact) mass is 247 g/mol. The number of hydrogen-bond donors (Lipinski definition) is 2. The first-order chi connectivity index (χ1) is 8.52. The Morgan fingerprint density at radius 3 is 2.89 bits per heavy atom. The summed E-state index contributed by atoms with van der Waals surface area (Å²) in [7, 11) is 0. The van der Waals surface area contributed by atoms with Gasteiger partial charge in [0.25, 0.3) is 0 Å². The predicted molar refractivity (Wildman–Crippen MR) is 75.4 cm³/mol. The van der Waals surface area contributed by atoms with Gasteiger partial charge in [-0.25, -0.2) is 0 Å². The zero-order chi connectivity index (χ0) is 13.2. The van der Waals surface area contributed by atoms with E-state index in [-0.39, 0.29) is 0 Å². The lowest BCUT2D eigenvalue weighted by Gasteiger charge is -2.35. The highest BCUT2D eigenvalue weighted by Crippen LogP contribution is 2.43. The Morgan fingerprint density at radius 1 is 1.44 bits per heavy atom. The molecule has 0 amide bonds. The molecule has 1 saturated carbocycles. The Bertz CT molecular complexity index is 400. The molecule has 0 saturated heterocycles. The fourth-order valence-corrected chi connectivity index (χ4v) is 3.14. The molecule has 1 fully saturated rings. The minimum atomic E-state index is -0.526. The summed E-state index contributed by atoms with van der Waals surface area (Å²) in [6, 6.07) is 8.35. The van der Waals surface area contributed by atoms with Gasteiger partial charge in [-0.15, -0.1) is 0 Å². The van der Waals surface area contributed by atoms with E-state index in [1.807, 2.05) is 12.1 Å². The second kappa shape index (κ2) is 5.41. The van der Waals surface area contributed by atoms with E-state index in [1.165, 1.54) is 31.2 Å². The third kappa shape index (κ3) is 3.12. The van der Waals surface area contributed by atoms with E-state index in [1.54, 1.807) is 0 Å². The van der Waals surface area contributed by atoms with Crippen molar-refractivity contribution in [2.45, 2.75) is 51.6 Å². The van der Waals surface area contributed by atoms with Gasteiger partial charge in [0.05, 0.1) is 6.10 Å². The fraction of sp³-hybridized carbons (Fsp3) is 0.625. The molecule has 2 unspecified atom stereocenters. The molecule has 0 heterocycles. The third-order valence-corrected chi connectivity index (χ3v) is 4.20. The summed E-state index contributed by atoms with van der Waals surface area (Å²) in [6.45, 7) is 5.01. The average molecular weight is 247 g/mol. The van der Waals surface area contributed by atoms with E-state index in [4.69, 9.17) is 5.73 Å². The van der Waals surface area contributed by atoms with Gasteiger partial charge in [-0.1, -0.05) is 44.5 Å². The number of aliphatic hydroxyl groups is 1. The predicted octanol–water partition coefficient (Wildman–Crippen LogP) is 3.36. The summed E-state index contributed by atoms with van der Waals surface area (Å²) in [4.78, 5) is 0. The van der Waals surface area contributed by atoms with Crippen LogP contribution < -0.4 is 5.73 Å². The lowest BCUT2D eigenvalue weighted by molar-refractivity contribution is 0.186. The highest BCUT2D eigenvalue weighted by atomic mass is 16.3. The van der Waals surface area contributed by atoms with E-state index in [0.717, 1.165) is 5.56 Å². The van der Waals surface area contributed by atoms with Crippen LogP contribution in [0.4, 0.5) is 0 Å². The van der Waals surface area contributed by atoms with Gasteiger partial charge in [0.2, 0.25) is 0 Å². The highest BCUT2D eigenvalue weighted by Gasteiger charge is 2.28. The number of aliphatic hydroxyl groups excluding tert-OH is 1. The Labute approximate surface area is 110 Å². The Balaban J connectivity index is 2.18. The van der Waals surface area contributed by atoms with E-state index < -0.39 is 6.10 Å². The summed E-state index contributed by atoms with van der Waals surface area (Å²) in [5.74, 6) is 0.638. The molecule has 1 aliphatic rings. The zero-order valence-corrected chi connectivity index (χ0v) is 11.5. The van der Waals surface area contributed by atoms with Crippen LogP contribution in [0.15, 0.2) is 24.3 Å². The largest absolute Gasteiger partial charge is 0.387 e. The summed E-state index contributed by atoms with van der Waals surface area (Å²) in [5.41, 5.74) is 8.30. The van der Waals surface area contributed by atoms with Crippen LogP contribution in [0.1, 0.15) is 62.7 Å². The minimum absolute atomic E-state index is 0.291. The molecule has 0 spiro atoms. The molecule has 2 nitrogen and oxygen atoms in total. The van der Waals surface area contributed by atoms with Gasteiger partial charge in [-0.05, 0) is 41.7 Å². The second-order valence-corrected chi connectivity index (χ2v) is 6.38. The van der Waals surface area contributed by atoms with E-state index in [2.05, 4.69) is 26.0 Å². The summed E-state index contributed by atoms with van der Waals surface area (Å²) < 4.78 is 0. The topological polar surface area (TPSA) is 46.2 Å². The average Bonchev–Trinajstić information content (AvgIpc) is 2.37. The van der Waals surface area contributed by atoms with Crippen LogP contribution in [0.3, 0.4) is 0 Å². The van der Waals surface area contributed by atoms with Crippen molar-refractivity contribution in [1.82, 2.24) is 0 Å². The Hall–Kier alpha value is -0.860. The lowest BCUT2D eigenvalue weighted by Crippen LogP contribution is -2.21. The fourth-order valence-electron chi connectivity index (χ4n) is 3.14. The molecule has 0 aromatic heterocycles. The van der Waals surface area contributed by atoms with Crippen LogP contribution in [0, 0.1) is 5.41 Å². The SMILES string of the molecule is CC1(C)CCCC(c2cccc(C(O)CN)c2)C1. The molecule has 0 radical (unpaired) electrons. The Kier molecular flexibility index (Phi) is 4.08. The molecule has 1 aromatic rings. The summed E-state index contributed by atoms with van der Waals surface area (Å²) >= 11 is 0. The van der Waals surface area contributed by atoms with Crippen LogP contribution in [0.5, 0.6) is 0 Å². The summed E-state index contributed by atoms with van der Waals surface area (Å²) in [5, 5.41) is 9.83. The number of hydrogen-bond acceptors (Lipinski definition) is 2. The van der Waals surface area contributed by atoms with Crippen molar-refractivity contribution >= 4 is 0 Å². The van der Waals surface area contributed by atoms with Crippen LogP contribution in [0.25, 0.3) is 0 Å². The van der Waals surface area contributed by atoms with Crippen LogP contribution >= 0.6 is 0 Å². The molecule has 0 aliphatic heterocycles. The van der Waals surface area contributed by atoms with Crippen molar-refractivity contribution in [3.8, 4) is 0 Å². The van der Waals surface area contributed by atoms with E-state index in [0.29, 0.717) is 17.9 Å². The molecule has 3 N–H and O–H groups in total. The van der Waals surface area contributed by atoms with Gasteiger partial charge >= 0.3 is 0 Å². The second-order valence-electron chi connectivity index (χ2n) is 6.38. The molecule has 0 bridgehead atoms. The van der Waals surface area contributed by atoms with Crippen molar-refractivity contribution in [2.24, 2.45) is 11.1 Å². The van der Waals surface area contributed by atoms with Crippen molar-refractivity contribution in [3.63, 3.8) is 0 Å². The molecular formula is C16H25NO. The van der Waals surface area contributed by atoms with Gasteiger partial charge in [0.1, 0.15) is 0 Å². The zero-order valence-electron chi connectivity index (χ0n) is 11.5. The maximum absolute atomic E-state index is 9.83. The van der Waals surface area contributed by atoms with Gasteiger partial charge in [-0.2, -0.15) is 0 Å². The molecule has 1 aromatic carbocycles. The summed E-state index contributed by atoms with van der Waals surface area (Å²) in [6.07, 6.45) is 4.62. The van der Waals surface area contributed by atoms with Gasteiger partial charge in [0.15, 0.2) is 0 Å². The Morgan fingerprint density at radius 2 is 2.22 bits per heavy atom. The minimum Gasteiger partial charge on any atom is -0.387 e. The van der Waals surface area contributed by atoms with Crippen LogP contribution in [-0.2, 0) is 0 Å². The van der Waals surface area contributed by atoms with Gasteiger partial charge in [0, 0.05) is 6.54 Å². The third-order valence-electron chi connectivity index (χ3n) is 4.20. The van der Waals surface area contributed by atoms with Crippen molar-refractivity contribution in [1.29, 1.82) is 0 Å². The first kappa shape index (κ1) is 13.6.